The van der Waals surface area contributed by atoms with Crippen LogP contribution in [-0.4, -0.2) is 57.1 Å². The number of hydrogen-bond donors (Lipinski definition) is 6. The minimum atomic E-state index is -0.782. The fraction of sp³-hybridized carbons (Fsp3) is 0.765. The first-order chi connectivity index (χ1) is 11.7. The van der Waals surface area contributed by atoms with Crippen LogP contribution < -0.4 is 0 Å². The third kappa shape index (κ3) is 7.60. The topological polar surface area (TPSA) is 115 Å². The third-order valence-electron chi connectivity index (χ3n) is 4.63. The van der Waals surface area contributed by atoms with Gasteiger partial charge in [0.1, 0.15) is 0 Å². The lowest BCUT2D eigenvalue weighted by atomic mass is 9.81. The normalized spacial score (nSPS) is 25.7. The van der Waals surface area contributed by atoms with Crippen LogP contribution >= 0.6 is 25.3 Å². The molecular weight excluding hydrogens is 364 g/mol. The Labute approximate surface area is 160 Å². The van der Waals surface area contributed by atoms with Gasteiger partial charge in [0.15, 0.2) is 0 Å². The van der Waals surface area contributed by atoms with Crippen molar-refractivity contribution in [1.29, 1.82) is 0 Å². The van der Waals surface area contributed by atoms with Crippen LogP contribution in [0.1, 0.15) is 33.1 Å². The Morgan fingerprint density at radius 1 is 1.16 bits per heavy atom. The van der Waals surface area contributed by atoms with Crippen molar-refractivity contribution in [2.45, 2.75) is 33.1 Å². The van der Waals surface area contributed by atoms with Crippen molar-refractivity contribution in [3.63, 3.8) is 0 Å². The number of allylic oxidation sites excluding steroid dienone is 1. The van der Waals surface area contributed by atoms with E-state index in [4.69, 9.17) is 15.3 Å². The molecule has 25 heavy (non-hydrogen) atoms. The van der Waals surface area contributed by atoms with Gasteiger partial charge in [-0.2, -0.15) is 25.3 Å². The number of aliphatic hydroxyl groups is 2. The first kappa shape index (κ1) is 24.3. The molecule has 0 spiro atoms. The highest BCUT2D eigenvalue weighted by Gasteiger charge is 2.45. The van der Waals surface area contributed by atoms with E-state index < -0.39 is 11.9 Å². The van der Waals surface area contributed by atoms with Gasteiger partial charge in [-0.25, -0.2) is 0 Å². The van der Waals surface area contributed by atoms with Crippen LogP contribution in [0.2, 0.25) is 0 Å². The molecule has 0 aromatic carbocycles. The van der Waals surface area contributed by atoms with E-state index in [0.717, 1.165) is 18.4 Å². The average molecular weight is 395 g/mol. The summed E-state index contributed by atoms with van der Waals surface area (Å²) < 4.78 is 0. The van der Waals surface area contributed by atoms with E-state index >= 15 is 0 Å². The molecule has 146 valence electrons. The zero-order chi connectivity index (χ0) is 19.6. The van der Waals surface area contributed by atoms with Crippen LogP contribution in [-0.2, 0) is 9.59 Å². The number of carboxylic acids is 2. The Kier molecular flexibility index (Phi) is 11.5. The molecule has 0 aromatic heterocycles. The quantitative estimate of drug-likeness (QED) is 0.303. The molecule has 2 aliphatic carbocycles. The Hall–Kier alpha value is -0.700. The number of rotatable bonds is 6. The summed E-state index contributed by atoms with van der Waals surface area (Å²) in [6.45, 7) is 3.59. The average Bonchev–Trinajstić information content (AvgIpc) is 3.19. The van der Waals surface area contributed by atoms with Gasteiger partial charge in [-0.15, -0.1) is 0 Å². The van der Waals surface area contributed by atoms with E-state index in [0.29, 0.717) is 17.4 Å². The summed E-state index contributed by atoms with van der Waals surface area (Å²) in [5.41, 5.74) is 1.07. The Bertz CT molecular complexity index is 448. The number of thiol groups is 2. The van der Waals surface area contributed by atoms with Crippen molar-refractivity contribution in [1.82, 2.24) is 0 Å². The lowest BCUT2D eigenvalue weighted by molar-refractivity contribution is -0.141. The third-order valence-corrected chi connectivity index (χ3v) is 5.72. The molecule has 1 fully saturated rings. The number of aliphatic carboxylic acids is 2. The maximum absolute atomic E-state index is 9.88. The molecule has 0 saturated heterocycles. The first-order valence-electron chi connectivity index (χ1n) is 8.27. The highest BCUT2D eigenvalue weighted by atomic mass is 32.1. The molecule has 0 radical (unpaired) electrons. The predicted octanol–water partition coefficient (Wildman–Crippen LogP) is 1.97. The highest BCUT2D eigenvalue weighted by molar-refractivity contribution is 7.80. The molecular formula is C17H30O6S2. The monoisotopic (exact) mass is 394 g/mol. The van der Waals surface area contributed by atoms with E-state index in [1.165, 1.54) is 6.42 Å². The van der Waals surface area contributed by atoms with Gasteiger partial charge in [0, 0.05) is 16.9 Å². The second-order valence-corrected chi connectivity index (χ2v) is 7.37. The fourth-order valence-corrected chi connectivity index (χ4v) is 3.00. The molecule has 2 bridgehead atoms. The van der Waals surface area contributed by atoms with Crippen molar-refractivity contribution in [2.24, 2.45) is 23.2 Å². The SMILES string of the molecule is CC(CS)C(=O)O.CC(CS)C(=O)O.OCC1=CC2CCC1(CO)C2. The molecule has 4 atom stereocenters. The number of carbonyl (C=O) groups is 2. The van der Waals surface area contributed by atoms with Crippen LogP contribution in [0.25, 0.3) is 0 Å². The van der Waals surface area contributed by atoms with E-state index in [1.807, 2.05) is 0 Å². The second kappa shape index (κ2) is 11.8. The van der Waals surface area contributed by atoms with Gasteiger partial charge in [0.2, 0.25) is 0 Å². The van der Waals surface area contributed by atoms with Crippen molar-refractivity contribution in [3.8, 4) is 0 Å². The molecule has 6 nitrogen and oxygen atoms in total. The number of hydrogen-bond acceptors (Lipinski definition) is 6. The van der Waals surface area contributed by atoms with E-state index in [9.17, 15) is 14.7 Å². The molecule has 4 unspecified atom stereocenters. The van der Waals surface area contributed by atoms with Gasteiger partial charge in [-0.3, -0.25) is 9.59 Å². The minimum absolute atomic E-state index is 0.0145. The Morgan fingerprint density at radius 2 is 1.64 bits per heavy atom. The Morgan fingerprint density at radius 3 is 1.84 bits per heavy atom. The van der Waals surface area contributed by atoms with E-state index in [-0.39, 0.29) is 30.5 Å². The fourth-order valence-electron chi connectivity index (χ4n) is 2.68. The lowest BCUT2D eigenvalue weighted by Crippen LogP contribution is -2.24. The number of carboxylic acid groups (broad SMARTS) is 2. The molecule has 2 rings (SSSR count). The summed E-state index contributed by atoms with van der Waals surface area (Å²) in [5.74, 6) is -0.731. The highest BCUT2D eigenvalue weighted by Crippen LogP contribution is 2.53. The van der Waals surface area contributed by atoms with Crippen LogP contribution in [0.15, 0.2) is 11.6 Å². The minimum Gasteiger partial charge on any atom is -0.481 e. The maximum atomic E-state index is 9.88. The van der Waals surface area contributed by atoms with Crippen molar-refractivity contribution in [2.75, 3.05) is 24.7 Å². The van der Waals surface area contributed by atoms with Crippen molar-refractivity contribution in [3.05, 3.63) is 11.6 Å². The first-order valence-corrected chi connectivity index (χ1v) is 9.54. The van der Waals surface area contributed by atoms with Gasteiger partial charge in [0.25, 0.3) is 0 Å². The van der Waals surface area contributed by atoms with Crippen molar-refractivity contribution < 1.29 is 30.0 Å². The van der Waals surface area contributed by atoms with E-state index in [2.05, 4.69) is 31.3 Å². The Balaban J connectivity index is 0.000000366. The smallest absolute Gasteiger partial charge is 0.307 e. The standard InChI is InChI=1S/C9H14O2.2C4H8O2S/c10-5-8-3-7-1-2-9(8,4-7)6-11;2*1-3(2-7)4(5)6/h3,7,10-11H,1-2,4-6H2;2*3,7H,2H2,1H3,(H,5,6). The van der Waals surface area contributed by atoms with Gasteiger partial charge in [0.05, 0.1) is 25.0 Å². The van der Waals surface area contributed by atoms with Crippen LogP contribution in [0.4, 0.5) is 0 Å². The summed E-state index contributed by atoms with van der Waals surface area (Å²) in [7, 11) is 0. The van der Waals surface area contributed by atoms with Gasteiger partial charge >= 0.3 is 11.9 Å². The second-order valence-electron chi connectivity index (χ2n) is 6.64. The summed E-state index contributed by atoms with van der Waals surface area (Å²) >= 11 is 7.55. The largest absolute Gasteiger partial charge is 0.481 e. The zero-order valence-electron chi connectivity index (χ0n) is 14.8. The number of fused-ring (bicyclic) bond motifs is 2. The summed E-state index contributed by atoms with van der Waals surface area (Å²) in [6, 6.07) is 0. The zero-order valence-corrected chi connectivity index (χ0v) is 16.5. The van der Waals surface area contributed by atoms with Crippen molar-refractivity contribution >= 4 is 37.2 Å². The van der Waals surface area contributed by atoms with Crippen LogP contribution in [0, 0.1) is 23.2 Å². The molecule has 2 aliphatic rings. The molecule has 0 amide bonds. The van der Waals surface area contributed by atoms with Gasteiger partial charge in [-0.05, 0) is 30.8 Å². The van der Waals surface area contributed by atoms with Crippen LogP contribution in [0.5, 0.6) is 0 Å². The molecule has 0 aliphatic heterocycles. The van der Waals surface area contributed by atoms with E-state index in [1.54, 1.807) is 13.8 Å². The summed E-state index contributed by atoms with van der Waals surface area (Å²) in [4.78, 5) is 19.8. The lowest BCUT2D eigenvalue weighted by Gasteiger charge is -2.26. The molecule has 0 heterocycles. The molecule has 8 heteroatoms. The summed E-state index contributed by atoms with van der Waals surface area (Å²) in [5, 5.41) is 34.5. The molecule has 0 aromatic rings. The summed E-state index contributed by atoms with van der Waals surface area (Å²) in [6.07, 6.45) is 5.49. The number of aliphatic hydroxyl groups excluding tert-OH is 2. The van der Waals surface area contributed by atoms with Gasteiger partial charge in [-0.1, -0.05) is 19.9 Å². The predicted molar refractivity (Wildman–Crippen MR) is 103 cm³/mol. The van der Waals surface area contributed by atoms with Crippen LogP contribution in [0.3, 0.4) is 0 Å². The van der Waals surface area contributed by atoms with Gasteiger partial charge < -0.3 is 20.4 Å². The maximum Gasteiger partial charge on any atom is 0.307 e. The molecule has 4 N–H and O–H groups in total. The molecule has 1 saturated carbocycles.